The van der Waals surface area contributed by atoms with Crippen molar-refractivity contribution in [2.45, 2.75) is 20.8 Å². The van der Waals surface area contributed by atoms with Crippen LogP contribution in [0.3, 0.4) is 0 Å². The van der Waals surface area contributed by atoms with Crippen molar-refractivity contribution < 1.29 is 4.79 Å². The van der Waals surface area contributed by atoms with Crippen LogP contribution in [-0.2, 0) is 4.79 Å². The first-order chi connectivity index (χ1) is 13.5. The summed E-state index contributed by atoms with van der Waals surface area (Å²) in [5.74, 6) is -0.112. The van der Waals surface area contributed by atoms with E-state index in [2.05, 4.69) is 53.0 Å². The van der Waals surface area contributed by atoms with Crippen molar-refractivity contribution in [2.75, 3.05) is 0 Å². The highest BCUT2D eigenvalue weighted by atomic mass is 32.2. The van der Waals surface area contributed by atoms with E-state index in [1.165, 1.54) is 17.3 Å². The van der Waals surface area contributed by atoms with Crippen LogP contribution in [0.4, 0.5) is 5.69 Å². The van der Waals surface area contributed by atoms with Gasteiger partial charge in [0.25, 0.3) is 5.91 Å². The van der Waals surface area contributed by atoms with Crippen LogP contribution >= 0.6 is 11.8 Å². The number of nitrogens with zero attached hydrogens (tertiary/aromatic N) is 2. The molecule has 2 aromatic carbocycles. The summed E-state index contributed by atoms with van der Waals surface area (Å²) in [6.07, 6.45) is 3.96. The first-order valence-electron chi connectivity index (χ1n) is 9.11. The molecular weight excluding hydrogens is 366 g/mol. The molecule has 28 heavy (non-hydrogen) atoms. The van der Waals surface area contributed by atoms with Gasteiger partial charge in [-0.1, -0.05) is 30.3 Å². The van der Waals surface area contributed by atoms with E-state index in [0.717, 1.165) is 28.2 Å². The highest BCUT2D eigenvalue weighted by Gasteiger charge is 2.24. The molecule has 1 aliphatic rings. The second kappa shape index (κ2) is 7.52. The number of hydrogen-bond donors (Lipinski definition) is 1. The number of benzene rings is 2. The molecule has 0 saturated carbocycles. The Morgan fingerprint density at radius 2 is 1.82 bits per heavy atom. The summed E-state index contributed by atoms with van der Waals surface area (Å²) in [5, 5.41) is 3.49. The van der Waals surface area contributed by atoms with Gasteiger partial charge in [-0.2, -0.15) is 0 Å². The SMILES string of the molecule is Cc1cccc(N=C2NC(=O)/C(=C\c3cc(C)n(-c4ccccc4)c3)S2)c1C. The van der Waals surface area contributed by atoms with Gasteiger partial charge in [0, 0.05) is 17.6 Å². The second-order valence-corrected chi connectivity index (χ2v) is 7.85. The Bertz CT molecular complexity index is 1110. The molecule has 0 unspecified atom stereocenters. The van der Waals surface area contributed by atoms with Crippen LogP contribution in [0.1, 0.15) is 22.4 Å². The lowest BCUT2D eigenvalue weighted by molar-refractivity contribution is -0.115. The molecule has 1 N–H and O–H groups in total. The third-order valence-corrected chi connectivity index (χ3v) is 5.72. The van der Waals surface area contributed by atoms with Crippen LogP contribution in [-0.4, -0.2) is 15.6 Å². The minimum Gasteiger partial charge on any atom is -0.321 e. The van der Waals surface area contributed by atoms with Crippen LogP contribution in [0, 0.1) is 20.8 Å². The largest absolute Gasteiger partial charge is 0.321 e. The van der Waals surface area contributed by atoms with E-state index in [4.69, 9.17) is 0 Å². The lowest BCUT2D eigenvalue weighted by Crippen LogP contribution is -2.19. The van der Waals surface area contributed by atoms with Gasteiger partial charge in [0.05, 0.1) is 10.6 Å². The van der Waals surface area contributed by atoms with Crippen molar-refractivity contribution >= 4 is 34.6 Å². The first kappa shape index (κ1) is 18.3. The molecule has 0 bridgehead atoms. The van der Waals surface area contributed by atoms with E-state index >= 15 is 0 Å². The zero-order valence-electron chi connectivity index (χ0n) is 16.1. The number of carbonyl (C=O) groups excluding carboxylic acids is 1. The third kappa shape index (κ3) is 3.66. The van der Waals surface area contributed by atoms with Crippen molar-refractivity contribution in [2.24, 2.45) is 4.99 Å². The molecule has 1 saturated heterocycles. The quantitative estimate of drug-likeness (QED) is 0.620. The Balaban J connectivity index is 1.61. The fraction of sp³-hybridized carbons (Fsp3) is 0.130. The molecule has 4 nitrogen and oxygen atoms in total. The number of amidine groups is 1. The van der Waals surface area contributed by atoms with Gasteiger partial charge in [-0.25, -0.2) is 4.99 Å². The average Bonchev–Trinajstić information content (AvgIpc) is 3.22. The van der Waals surface area contributed by atoms with Crippen molar-refractivity contribution in [3.05, 3.63) is 88.1 Å². The number of aromatic nitrogens is 1. The summed E-state index contributed by atoms with van der Waals surface area (Å²) < 4.78 is 2.12. The molecule has 1 aliphatic heterocycles. The molecule has 0 aliphatic carbocycles. The van der Waals surface area contributed by atoms with Crippen molar-refractivity contribution in [3.8, 4) is 5.69 Å². The second-order valence-electron chi connectivity index (χ2n) is 6.82. The van der Waals surface area contributed by atoms with Gasteiger partial charge in [-0.15, -0.1) is 0 Å². The van der Waals surface area contributed by atoms with Crippen molar-refractivity contribution in [1.29, 1.82) is 0 Å². The van der Waals surface area contributed by atoms with Crippen LogP contribution in [0.15, 0.2) is 70.7 Å². The number of thioether (sulfide) groups is 1. The molecule has 0 spiro atoms. The highest BCUT2D eigenvalue weighted by molar-refractivity contribution is 8.18. The lowest BCUT2D eigenvalue weighted by Gasteiger charge is -2.04. The summed E-state index contributed by atoms with van der Waals surface area (Å²) in [6, 6.07) is 18.2. The van der Waals surface area contributed by atoms with Crippen LogP contribution in [0.5, 0.6) is 0 Å². The minimum absolute atomic E-state index is 0.112. The van der Waals surface area contributed by atoms with Gasteiger partial charge in [0.2, 0.25) is 0 Å². The maximum Gasteiger partial charge on any atom is 0.264 e. The molecule has 0 atom stereocenters. The van der Waals surface area contributed by atoms with Crippen LogP contribution in [0.2, 0.25) is 0 Å². The average molecular weight is 388 g/mol. The van der Waals surface area contributed by atoms with E-state index in [1.807, 2.05) is 49.5 Å². The van der Waals surface area contributed by atoms with Gasteiger partial charge in [-0.05, 0) is 79.6 Å². The summed E-state index contributed by atoms with van der Waals surface area (Å²) in [5.41, 5.74) is 6.40. The zero-order valence-corrected chi connectivity index (χ0v) is 16.9. The number of amides is 1. The van der Waals surface area contributed by atoms with Gasteiger partial charge in [0.1, 0.15) is 0 Å². The molecule has 2 heterocycles. The van der Waals surface area contributed by atoms with E-state index in [-0.39, 0.29) is 5.91 Å². The molecule has 4 rings (SSSR count). The monoisotopic (exact) mass is 387 g/mol. The highest BCUT2D eigenvalue weighted by Crippen LogP contribution is 2.30. The topological polar surface area (TPSA) is 46.4 Å². The molecule has 140 valence electrons. The maximum atomic E-state index is 12.4. The summed E-state index contributed by atoms with van der Waals surface area (Å²) in [6.45, 7) is 6.16. The predicted octanol–water partition coefficient (Wildman–Crippen LogP) is 5.29. The van der Waals surface area contributed by atoms with Crippen molar-refractivity contribution in [1.82, 2.24) is 9.88 Å². The number of hydrogen-bond acceptors (Lipinski definition) is 3. The molecule has 1 aromatic heterocycles. The van der Waals surface area contributed by atoms with E-state index in [0.29, 0.717) is 10.1 Å². The van der Waals surface area contributed by atoms with Crippen LogP contribution in [0.25, 0.3) is 11.8 Å². The number of carbonyl (C=O) groups is 1. The maximum absolute atomic E-state index is 12.4. The van der Waals surface area contributed by atoms with E-state index in [9.17, 15) is 4.79 Å². The molecule has 3 aromatic rings. The summed E-state index contributed by atoms with van der Waals surface area (Å²) >= 11 is 1.38. The van der Waals surface area contributed by atoms with Crippen molar-refractivity contribution in [3.63, 3.8) is 0 Å². The van der Waals surface area contributed by atoms with Gasteiger partial charge >= 0.3 is 0 Å². The Labute approximate surface area is 169 Å². The Morgan fingerprint density at radius 1 is 1.04 bits per heavy atom. The predicted molar refractivity (Wildman–Crippen MR) is 117 cm³/mol. The van der Waals surface area contributed by atoms with E-state index in [1.54, 1.807) is 0 Å². The lowest BCUT2D eigenvalue weighted by atomic mass is 10.1. The minimum atomic E-state index is -0.112. The summed E-state index contributed by atoms with van der Waals surface area (Å²) in [4.78, 5) is 17.7. The fourth-order valence-corrected chi connectivity index (χ4v) is 3.98. The van der Waals surface area contributed by atoms with Gasteiger partial charge in [0.15, 0.2) is 5.17 Å². The molecule has 5 heteroatoms. The molecule has 1 amide bonds. The van der Waals surface area contributed by atoms with Crippen LogP contribution < -0.4 is 5.32 Å². The first-order valence-corrected chi connectivity index (χ1v) is 9.93. The fourth-order valence-electron chi connectivity index (χ4n) is 3.14. The number of para-hydroxylation sites is 1. The zero-order chi connectivity index (χ0) is 19.7. The smallest absolute Gasteiger partial charge is 0.264 e. The third-order valence-electron chi connectivity index (χ3n) is 4.81. The number of aliphatic imine (C=N–C) groups is 1. The number of rotatable bonds is 3. The Kier molecular flexibility index (Phi) is 4.92. The normalized spacial score (nSPS) is 16.8. The van der Waals surface area contributed by atoms with Gasteiger partial charge in [-0.3, -0.25) is 4.79 Å². The summed E-state index contributed by atoms with van der Waals surface area (Å²) in [7, 11) is 0. The standard InChI is InChI=1S/C23H21N3OS/c1-15-8-7-11-20(17(15)3)24-23-25-22(27)21(28-23)13-18-12-16(2)26(14-18)19-9-5-4-6-10-19/h4-14H,1-3H3,(H,24,25,27)/b21-13+. The Hall–Kier alpha value is -3.05. The van der Waals surface area contributed by atoms with Gasteiger partial charge < -0.3 is 9.88 Å². The van der Waals surface area contributed by atoms with E-state index < -0.39 is 0 Å². The molecule has 1 fully saturated rings. The number of aryl methyl sites for hydroxylation is 2. The number of nitrogens with one attached hydrogen (secondary N) is 1. The molecule has 0 radical (unpaired) electrons. The molecular formula is C23H21N3OS. The Morgan fingerprint density at radius 3 is 2.61 bits per heavy atom.